The zero-order valence-electron chi connectivity index (χ0n) is 9.69. The van der Waals surface area contributed by atoms with Gasteiger partial charge < -0.3 is 19.5 Å². The van der Waals surface area contributed by atoms with Crippen LogP contribution in [0.2, 0.25) is 0 Å². The number of ether oxygens (including phenoxy) is 3. The Bertz CT molecular complexity index is 406. The molecule has 5 nitrogen and oxygen atoms in total. The number of fused-ring (bicyclic) bond motifs is 1. The molecule has 92 valence electrons. The number of nitrogens with one attached hydrogen (secondary N) is 1. The molecule has 0 atom stereocenters. The van der Waals surface area contributed by atoms with E-state index in [1.54, 1.807) is 0 Å². The smallest absolute Gasteiger partial charge is 0.231 e. The molecule has 0 bridgehead atoms. The summed E-state index contributed by atoms with van der Waals surface area (Å²) in [6.45, 7) is 3.31. The van der Waals surface area contributed by atoms with Crippen LogP contribution in [0.15, 0.2) is 12.1 Å². The summed E-state index contributed by atoms with van der Waals surface area (Å²) in [5.41, 5.74) is 1.05. The molecule has 17 heavy (non-hydrogen) atoms. The Morgan fingerprint density at radius 1 is 1.47 bits per heavy atom. The zero-order valence-corrected chi connectivity index (χ0v) is 9.69. The van der Waals surface area contributed by atoms with Crippen molar-refractivity contribution in [2.24, 2.45) is 0 Å². The average Bonchev–Trinajstić information content (AvgIpc) is 2.78. The van der Waals surface area contributed by atoms with Crippen molar-refractivity contribution in [2.75, 3.05) is 19.9 Å². The molecule has 1 aliphatic heterocycles. The van der Waals surface area contributed by atoms with E-state index in [4.69, 9.17) is 14.2 Å². The van der Waals surface area contributed by atoms with Crippen LogP contribution in [0.25, 0.3) is 0 Å². The maximum absolute atomic E-state index is 10.2. The van der Waals surface area contributed by atoms with E-state index in [1.807, 2.05) is 19.1 Å². The Hall–Kier alpha value is -1.91. The van der Waals surface area contributed by atoms with E-state index in [0.717, 1.165) is 12.0 Å². The van der Waals surface area contributed by atoms with Crippen molar-refractivity contribution in [2.45, 2.75) is 13.3 Å². The quantitative estimate of drug-likeness (QED) is 0.594. The molecular weight excluding hydrogens is 222 g/mol. The Morgan fingerprint density at radius 2 is 2.35 bits per heavy atom. The highest BCUT2D eigenvalue weighted by Crippen LogP contribution is 2.42. The molecule has 5 heteroatoms. The molecule has 1 aliphatic rings. The van der Waals surface area contributed by atoms with E-state index in [1.165, 1.54) is 0 Å². The zero-order chi connectivity index (χ0) is 12.1. The predicted molar refractivity (Wildman–Crippen MR) is 61.5 cm³/mol. The molecule has 1 aromatic rings. The largest absolute Gasteiger partial charge is 0.490 e. The molecule has 0 fully saturated rings. The maximum atomic E-state index is 10.2. The Labute approximate surface area is 99.7 Å². The minimum Gasteiger partial charge on any atom is -0.490 e. The average molecular weight is 237 g/mol. The second-order valence-corrected chi connectivity index (χ2v) is 3.58. The molecule has 0 spiro atoms. The van der Waals surface area contributed by atoms with Gasteiger partial charge in [-0.05, 0) is 31.0 Å². The van der Waals surface area contributed by atoms with Crippen LogP contribution in [-0.4, -0.2) is 26.4 Å². The third-order valence-corrected chi connectivity index (χ3v) is 2.44. The van der Waals surface area contributed by atoms with Crippen molar-refractivity contribution in [3.05, 3.63) is 17.7 Å². The summed E-state index contributed by atoms with van der Waals surface area (Å²) in [5, 5.41) is 2.62. The lowest BCUT2D eigenvalue weighted by Gasteiger charge is -2.09. The molecule has 1 N–H and O–H groups in total. The molecule has 1 aromatic carbocycles. The molecule has 0 aromatic heterocycles. The van der Waals surface area contributed by atoms with Crippen LogP contribution in [0.3, 0.4) is 0 Å². The highest BCUT2D eigenvalue weighted by molar-refractivity contribution is 5.55. The summed E-state index contributed by atoms with van der Waals surface area (Å²) >= 11 is 0. The molecule has 0 saturated heterocycles. The number of hydrogen-bond acceptors (Lipinski definition) is 4. The Morgan fingerprint density at radius 3 is 3.12 bits per heavy atom. The first-order valence-corrected chi connectivity index (χ1v) is 5.57. The lowest BCUT2D eigenvalue weighted by molar-refractivity contribution is -0.109. The summed E-state index contributed by atoms with van der Waals surface area (Å²) in [6.07, 6.45) is 1.42. The molecule has 1 amide bonds. The first-order valence-electron chi connectivity index (χ1n) is 5.57. The second-order valence-electron chi connectivity index (χ2n) is 3.58. The first kappa shape index (κ1) is 11.6. The minimum absolute atomic E-state index is 0.228. The van der Waals surface area contributed by atoms with Gasteiger partial charge in [0.05, 0.1) is 6.61 Å². The molecule has 1 heterocycles. The summed E-state index contributed by atoms with van der Waals surface area (Å²) < 4.78 is 16.2. The van der Waals surface area contributed by atoms with Crippen LogP contribution in [0.1, 0.15) is 12.5 Å². The molecule has 2 rings (SSSR count). The van der Waals surface area contributed by atoms with Crippen molar-refractivity contribution >= 4 is 6.41 Å². The lowest BCUT2D eigenvalue weighted by Crippen LogP contribution is -2.14. The van der Waals surface area contributed by atoms with Gasteiger partial charge in [-0.3, -0.25) is 4.79 Å². The van der Waals surface area contributed by atoms with Crippen LogP contribution in [0.5, 0.6) is 17.2 Å². The number of amides is 1. The van der Waals surface area contributed by atoms with E-state index < -0.39 is 0 Å². The number of carbonyl (C=O) groups is 1. The van der Waals surface area contributed by atoms with E-state index in [9.17, 15) is 4.79 Å². The third kappa shape index (κ3) is 2.61. The molecule has 0 radical (unpaired) electrons. The fourth-order valence-electron chi connectivity index (χ4n) is 1.71. The Kier molecular flexibility index (Phi) is 3.69. The van der Waals surface area contributed by atoms with Crippen LogP contribution in [0.4, 0.5) is 0 Å². The van der Waals surface area contributed by atoms with Crippen molar-refractivity contribution < 1.29 is 19.0 Å². The highest BCUT2D eigenvalue weighted by atomic mass is 16.7. The van der Waals surface area contributed by atoms with Gasteiger partial charge in [-0.25, -0.2) is 0 Å². The van der Waals surface area contributed by atoms with Gasteiger partial charge in [-0.15, -0.1) is 0 Å². The normalized spacial score (nSPS) is 12.3. The minimum atomic E-state index is 0.228. The molecular formula is C12H15NO4. The van der Waals surface area contributed by atoms with Gasteiger partial charge in [0.15, 0.2) is 11.5 Å². The van der Waals surface area contributed by atoms with E-state index >= 15 is 0 Å². The van der Waals surface area contributed by atoms with Crippen LogP contribution < -0.4 is 19.5 Å². The second kappa shape index (κ2) is 5.43. The molecule has 0 unspecified atom stereocenters. The van der Waals surface area contributed by atoms with Crippen molar-refractivity contribution in [1.29, 1.82) is 0 Å². The predicted octanol–water partition coefficient (Wildman–Crippen LogP) is 1.10. The summed E-state index contributed by atoms with van der Waals surface area (Å²) in [7, 11) is 0. The maximum Gasteiger partial charge on any atom is 0.231 e. The van der Waals surface area contributed by atoms with Gasteiger partial charge in [0, 0.05) is 6.54 Å². The number of hydrogen-bond donors (Lipinski definition) is 1. The monoisotopic (exact) mass is 237 g/mol. The van der Waals surface area contributed by atoms with Crippen molar-refractivity contribution in [3.8, 4) is 17.2 Å². The van der Waals surface area contributed by atoms with Gasteiger partial charge >= 0.3 is 0 Å². The number of carbonyl (C=O) groups excluding carboxylic acids is 1. The Balaban J connectivity index is 2.17. The van der Waals surface area contributed by atoms with Gasteiger partial charge in [-0.1, -0.05) is 0 Å². The molecule has 0 aliphatic carbocycles. The standard InChI is InChI=1S/C12H15NO4/c1-2-15-10-5-9(3-4-13-7-14)6-11-12(10)17-8-16-11/h5-7H,2-4,8H2,1H3,(H,13,14). The number of benzene rings is 1. The van der Waals surface area contributed by atoms with Gasteiger partial charge in [0.25, 0.3) is 0 Å². The molecule has 0 saturated carbocycles. The number of rotatable bonds is 6. The van der Waals surface area contributed by atoms with Crippen LogP contribution in [-0.2, 0) is 11.2 Å². The van der Waals surface area contributed by atoms with E-state index in [2.05, 4.69) is 5.32 Å². The van der Waals surface area contributed by atoms with Crippen LogP contribution >= 0.6 is 0 Å². The van der Waals surface area contributed by atoms with Gasteiger partial charge in [-0.2, -0.15) is 0 Å². The fourth-order valence-corrected chi connectivity index (χ4v) is 1.71. The van der Waals surface area contributed by atoms with Gasteiger partial charge in [0.1, 0.15) is 0 Å². The summed E-state index contributed by atoms with van der Waals surface area (Å²) in [6, 6.07) is 3.83. The van der Waals surface area contributed by atoms with E-state index in [0.29, 0.717) is 36.8 Å². The van der Waals surface area contributed by atoms with Crippen molar-refractivity contribution in [1.82, 2.24) is 5.32 Å². The summed E-state index contributed by atoms with van der Waals surface area (Å²) in [4.78, 5) is 10.2. The lowest BCUT2D eigenvalue weighted by atomic mass is 10.1. The topological polar surface area (TPSA) is 56.8 Å². The third-order valence-electron chi connectivity index (χ3n) is 2.44. The first-order chi connectivity index (χ1) is 8.35. The van der Waals surface area contributed by atoms with Gasteiger partial charge in [0.2, 0.25) is 19.0 Å². The highest BCUT2D eigenvalue weighted by Gasteiger charge is 2.20. The van der Waals surface area contributed by atoms with Crippen molar-refractivity contribution in [3.63, 3.8) is 0 Å². The van der Waals surface area contributed by atoms with Crippen LogP contribution in [0, 0.1) is 0 Å². The SMILES string of the molecule is CCOc1cc(CCNC=O)cc2c1OCO2. The van der Waals surface area contributed by atoms with E-state index in [-0.39, 0.29) is 6.79 Å². The summed E-state index contributed by atoms with van der Waals surface area (Å²) in [5.74, 6) is 2.07. The fraction of sp³-hybridized carbons (Fsp3) is 0.417.